The van der Waals surface area contributed by atoms with Gasteiger partial charge in [-0.3, -0.25) is 14.2 Å². The molecular weight excluding hydrogens is 390 g/mol. The van der Waals surface area contributed by atoms with E-state index >= 15 is 0 Å². The molecule has 0 aliphatic heterocycles. The minimum absolute atomic E-state index is 0.0146. The van der Waals surface area contributed by atoms with Crippen LogP contribution in [0.3, 0.4) is 0 Å². The van der Waals surface area contributed by atoms with Crippen molar-refractivity contribution in [3.05, 3.63) is 64.7 Å². The summed E-state index contributed by atoms with van der Waals surface area (Å²) in [5.74, 6) is 1.20. The van der Waals surface area contributed by atoms with Gasteiger partial charge in [-0.05, 0) is 42.8 Å². The SMILES string of the molecule is CCCCCCCCC(=O)NCc1nc2ccccc2c(=O)n1-c1ccc(OC)cc1. The fourth-order valence-corrected chi connectivity index (χ4v) is 3.63. The van der Waals surface area contributed by atoms with Crippen LogP contribution in [-0.2, 0) is 11.3 Å². The van der Waals surface area contributed by atoms with Crippen LogP contribution < -0.4 is 15.6 Å². The molecule has 3 rings (SSSR count). The van der Waals surface area contributed by atoms with Gasteiger partial charge in [-0.25, -0.2) is 4.98 Å². The summed E-state index contributed by atoms with van der Waals surface area (Å²) in [6.07, 6.45) is 7.31. The number of carbonyl (C=O) groups excluding carboxylic acids is 1. The lowest BCUT2D eigenvalue weighted by atomic mass is 10.1. The number of carbonyl (C=O) groups is 1. The van der Waals surface area contributed by atoms with Gasteiger partial charge in [-0.2, -0.15) is 0 Å². The first-order valence-corrected chi connectivity index (χ1v) is 11.1. The minimum atomic E-state index is -0.157. The van der Waals surface area contributed by atoms with Crippen LogP contribution in [0.2, 0.25) is 0 Å². The second-order valence-electron chi connectivity index (χ2n) is 7.68. The Morgan fingerprint density at radius 3 is 2.45 bits per heavy atom. The van der Waals surface area contributed by atoms with Gasteiger partial charge in [0, 0.05) is 6.42 Å². The van der Waals surface area contributed by atoms with Gasteiger partial charge in [0.1, 0.15) is 11.6 Å². The molecule has 1 heterocycles. The fraction of sp³-hybridized carbons (Fsp3) is 0.400. The summed E-state index contributed by atoms with van der Waals surface area (Å²) in [5, 5.41) is 3.48. The van der Waals surface area contributed by atoms with Crippen molar-refractivity contribution in [2.75, 3.05) is 7.11 Å². The highest BCUT2D eigenvalue weighted by atomic mass is 16.5. The summed E-state index contributed by atoms with van der Waals surface area (Å²) in [7, 11) is 1.60. The van der Waals surface area contributed by atoms with Crippen molar-refractivity contribution in [3.63, 3.8) is 0 Å². The van der Waals surface area contributed by atoms with Gasteiger partial charge in [0.2, 0.25) is 5.91 Å². The molecule has 0 unspecified atom stereocenters. The molecule has 6 nitrogen and oxygen atoms in total. The number of rotatable bonds is 11. The number of para-hydroxylation sites is 1. The second kappa shape index (κ2) is 11.3. The third-order valence-electron chi connectivity index (χ3n) is 5.38. The molecule has 0 saturated heterocycles. The monoisotopic (exact) mass is 421 g/mol. The Kier molecular flexibility index (Phi) is 8.21. The van der Waals surface area contributed by atoms with Crippen molar-refractivity contribution in [1.29, 1.82) is 0 Å². The van der Waals surface area contributed by atoms with Crippen LogP contribution in [0.25, 0.3) is 16.6 Å². The molecule has 0 saturated carbocycles. The molecule has 2 aromatic carbocycles. The summed E-state index contributed by atoms with van der Waals surface area (Å²) in [6.45, 7) is 2.39. The third-order valence-corrected chi connectivity index (χ3v) is 5.38. The molecule has 0 radical (unpaired) electrons. The van der Waals surface area contributed by atoms with Gasteiger partial charge in [0.05, 0.1) is 30.2 Å². The Morgan fingerprint density at radius 1 is 1.00 bits per heavy atom. The average molecular weight is 422 g/mol. The van der Waals surface area contributed by atoms with Gasteiger partial charge in [0.25, 0.3) is 5.56 Å². The first-order valence-electron chi connectivity index (χ1n) is 11.1. The van der Waals surface area contributed by atoms with E-state index in [9.17, 15) is 9.59 Å². The molecule has 1 aromatic heterocycles. The van der Waals surface area contributed by atoms with Crippen LogP contribution in [-0.4, -0.2) is 22.6 Å². The summed E-state index contributed by atoms with van der Waals surface area (Å²) in [4.78, 5) is 30.2. The van der Waals surface area contributed by atoms with Crippen LogP contribution >= 0.6 is 0 Å². The molecular formula is C25H31N3O3. The third kappa shape index (κ3) is 5.94. The summed E-state index contributed by atoms with van der Waals surface area (Å²) < 4.78 is 6.79. The van der Waals surface area contributed by atoms with Gasteiger partial charge in [-0.1, -0.05) is 51.2 Å². The number of benzene rings is 2. The number of amides is 1. The maximum Gasteiger partial charge on any atom is 0.266 e. The van der Waals surface area contributed by atoms with E-state index in [0.29, 0.717) is 34.6 Å². The van der Waals surface area contributed by atoms with Crippen molar-refractivity contribution >= 4 is 16.8 Å². The Morgan fingerprint density at radius 2 is 1.71 bits per heavy atom. The summed E-state index contributed by atoms with van der Waals surface area (Å²) >= 11 is 0. The van der Waals surface area contributed by atoms with E-state index in [4.69, 9.17) is 4.74 Å². The number of hydrogen-bond donors (Lipinski definition) is 1. The van der Waals surface area contributed by atoms with Crippen LogP contribution in [0, 0.1) is 0 Å². The molecule has 0 fully saturated rings. The lowest BCUT2D eigenvalue weighted by molar-refractivity contribution is -0.121. The largest absolute Gasteiger partial charge is 0.497 e. The van der Waals surface area contributed by atoms with E-state index in [-0.39, 0.29) is 18.0 Å². The summed E-state index contributed by atoms with van der Waals surface area (Å²) in [5.41, 5.74) is 1.15. The lowest BCUT2D eigenvalue weighted by Gasteiger charge is -2.15. The van der Waals surface area contributed by atoms with Gasteiger partial charge >= 0.3 is 0 Å². The molecule has 6 heteroatoms. The van der Waals surface area contributed by atoms with E-state index in [1.54, 1.807) is 29.9 Å². The van der Waals surface area contributed by atoms with Crippen molar-refractivity contribution in [2.24, 2.45) is 0 Å². The number of nitrogens with one attached hydrogen (secondary N) is 1. The number of ether oxygens (including phenoxy) is 1. The van der Waals surface area contributed by atoms with Crippen LogP contribution in [0.5, 0.6) is 5.75 Å². The topological polar surface area (TPSA) is 73.2 Å². The Bertz CT molecular complexity index is 1060. The molecule has 31 heavy (non-hydrogen) atoms. The first kappa shape index (κ1) is 22.5. The van der Waals surface area contributed by atoms with Crippen LogP contribution in [0.15, 0.2) is 53.3 Å². The van der Waals surface area contributed by atoms with E-state index in [2.05, 4.69) is 17.2 Å². The normalized spacial score (nSPS) is 10.9. The summed E-state index contributed by atoms with van der Waals surface area (Å²) in [6, 6.07) is 14.5. The van der Waals surface area contributed by atoms with Gasteiger partial charge in [0.15, 0.2) is 0 Å². The molecule has 1 N–H and O–H groups in total. The molecule has 0 atom stereocenters. The Labute approximate surface area is 183 Å². The quantitative estimate of drug-likeness (QED) is 0.453. The minimum Gasteiger partial charge on any atom is -0.497 e. The van der Waals surface area contributed by atoms with Gasteiger partial charge < -0.3 is 10.1 Å². The van der Waals surface area contributed by atoms with Crippen molar-refractivity contribution in [3.8, 4) is 11.4 Å². The first-order chi connectivity index (χ1) is 15.1. The Hall–Kier alpha value is -3.15. The number of unbranched alkanes of at least 4 members (excludes halogenated alkanes) is 5. The van der Waals surface area contributed by atoms with Crippen LogP contribution in [0.4, 0.5) is 0 Å². The number of nitrogens with zero attached hydrogens (tertiary/aromatic N) is 2. The van der Waals surface area contributed by atoms with E-state index in [1.807, 2.05) is 30.3 Å². The number of hydrogen-bond acceptors (Lipinski definition) is 4. The number of aromatic nitrogens is 2. The lowest BCUT2D eigenvalue weighted by Crippen LogP contribution is -2.30. The molecule has 164 valence electrons. The van der Waals surface area contributed by atoms with Crippen molar-refractivity contribution in [2.45, 2.75) is 58.4 Å². The molecule has 0 aliphatic rings. The fourth-order valence-electron chi connectivity index (χ4n) is 3.63. The molecule has 0 spiro atoms. The standard InChI is InChI=1S/C25H31N3O3/c1-3-4-5-6-7-8-13-24(29)26-18-23-27-22-12-10-9-11-21(22)25(30)28(23)19-14-16-20(31-2)17-15-19/h9-12,14-17H,3-8,13,18H2,1-2H3,(H,26,29). The molecule has 1 amide bonds. The second-order valence-corrected chi connectivity index (χ2v) is 7.68. The predicted molar refractivity (Wildman–Crippen MR) is 124 cm³/mol. The molecule has 0 bridgehead atoms. The zero-order valence-corrected chi connectivity index (χ0v) is 18.4. The van der Waals surface area contributed by atoms with Crippen molar-refractivity contribution in [1.82, 2.24) is 14.9 Å². The predicted octanol–water partition coefficient (Wildman–Crippen LogP) is 4.76. The molecule has 3 aromatic rings. The highest BCUT2D eigenvalue weighted by molar-refractivity contribution is 5.78. The number of methoxy groups -OCH3 is 1. The highest BCUT2D eigenvalue weighted by Crippen LogP contribution is 2.17. The van der Waals surface area contributed by atoms with Crippen molar-refractivity contribution < 1.29 is 9.53 Å². The maximum atomic E-state index is 13.2. The van der Waals surface area contributed by atoms with Crippen LogP contribution in [0.1, 0.15) is 57.7 Å². The van der Waals surface area contributed by atoms with E-state index < -0.39 is 0 Å². The average Bonchev–Trinajstić information content (AvgIpc) is 2.80. The van der Waals surface area contributed by atoms with Gasteiger partial charge in [-0.15, -0.1) is 0 Å². The number of fused-ring (bicyclic) bond motifs is 1. The smallest absolute Gasteiger partial charge is 0.266 e. The molecule has 0 aliphatic carbocycles. The zero-order chi connectivity index (χ0) is 22.1. The zero-order valence-electron chi connectivity index (χ0n) is 18.4. The van der Waals surface area contributed by atoms with E-state index in [0.717, 1.165) is 12.8 Å². The Balaban J connectivity index is 1.77. The highest BCUT2D eigenvalue weighted by Gasteiger charge is 2.14. The van der Waals surface area contributed by atoms with E-state index in [1.165, 1.54) is 25.7 Å². The maximum absolute atomic E-state index is 13.2.